The minimum atomic E-state index is -0.131. The molecule has 1 saturated carbocycles. The molecule has 1 aliphatic heterocycles. The van der Waals surface area contributed by atoms with Crippen molar-refractivity contribution in [2.45, 2.75) is 26.3 Å². The molecule has 1 saturated heterocycles. The molecule has 6 heteroatoms. The van der Waals surface area contributed by atoms with Gasteiger partial charge in [-0.05, 0) is 61.2 Å². The second kappa shape index (κ2) is 8.88. The molecule has 158 valence electrons. The fourth-order valence-corrected chi connectivity index (χ4v) is 3.79. The van der Waals surface area contributed by atoms with Crippen molar-refractivity contribution < 1.29 is 14.3 Å². The molecule has 3 unspecified atom stereocenters. The Bertz CT molecular complexity index is 889. The lowest BCUT2D eigenvalue weighted by atomic mass is 10.1. The van der Waals surface area contributed by atoms with Crippen molar-refractivity contribution in [1.82, 2.24) is 5.32 Å². The second-order valence-electron chi connectivity index (χ2n) is 8.27. The summed E-state index contributed by atoms with van der Waals surface area (Å²) in [7, 11) is 0. The number of carbonyl (C=O) groups excluding carboxylic acids is 2. The third kappa shape index (κ3) is 4.82. The first-order valence-electron chi connectivity index (χ1n) is 10.7. The summed E-state index contributed by atoms with van der Waals surface area (Å²) in [6.45, 7) is 7.39. The van der Waals surface area contributed by atoms with Crippen molar-refractivity contribution in [2.24, 2.45) is 11.8 Å². The van der Waals surface area contributed by atoms with Crippen LogP contribution in [-0.4, -0.2) is 38.1 Å². The number of morpholine rings is 1. The fourth-order valence-electron chi connectivity index (χ4n) is 3.79. The maximum absolute atomic E-state index is 12.6. The van der Waals surface area contributed by atoms with E-state index in [1.807, 2.05) is 6.92 Å². The standard InChI is InChI=1S/C24H29N3O3/c1-16-15-22(16)24(29)26-20-7-3-19(4-8-20)23(28)25-17(2)18-5-9-21(10-6-18)27-11-13-30-14-12-27/h3-10,16-17,22H,11-15H2,1-2H3,(H,25,28)(H,26,29). The zero-order valence-electron chi connectivity index (χ0n) is 17.6. The van der Waals surface area contributed by atoms with Crippen molar-refractivity contribution in [2.75, 3.05) is 36.5 Å². The zero-order chi connectivity index (χ0) is 21.1. The van der Waals surface area contributed by atoms with Gasteiger partial charge in [0.25, 0.3) is 5.91 Å². The molecule has 3 atom stereocenters. The van der Waals surface area contributed by atoms with Crippen LogP contribution in [0.5, 0.6) is 0 Å². The maximum Gasteiger partial charge on any atom is 0.251 e. The Labute approximate surface area is 177 Å². The smallest absolute Gasteiger partial charge is 0.251 e. The van der Waals surface area contributed by atoms with E-state index in [1.165, 1.54) is 5.69 Å². The van der Waals surface area contributed by atoms with E-state index in [4.69, 9.17) is 4.74 Å². The predicted molar refractivity (Wildman–Crippen MR) is 118 cm³/mol. The molecule has 6 nitrogen and oxygen atoms in total. The Morgan fingerprint density at radius 3 is 2.27 bits per heavy atom. The summed E-state index contributed by atoms with van der Waals surface area (Å²) in [5.41, 5.74) is 3.54. The second-order valence-corrected chi connectivity index (χ2v) is 8.27. The molecule has 2 aromatic rings. The number of carbonyl (C=O) groups is 2. The molecule has 0 bridgehead atoms. The summed E-state index contributed by atoms with van der Waals surface area (Å²) in [5.74, 6) is 0.533. The average molecular weight is 408 g/mol. The Hall–Kier alpha value is -2.86. The molecule has 30 heavy (non-hydrogen) atoms. The van der Waals surface area contributed by atoms with Crippen molar-refractivity contribution in [3.05, 3.63) is 59.7 Å². The number of nitrogens with one attached hydrogen (secondary N) is 2. The van der Waals surface area contributed by atoms with Gasteiger partial charge in [0.15, 0.2) is 0 Å². The van der Waals surface area contributed by atoms with Gasteiger partial charge >= 0.3 is 0 Å². The molecule has 1 heterocycles. The number of nitrogens with zero attached hydrogens (tertiary/aromatic N) is 1. The highest BCUT2D eigenvalue weighted by molar-refractivity contribution is 5.97. The first-order chi connectivity index (χ1) is 14.5. The summed E-state index contributed by atoms with van der Waals surface area (Å²) in [6, 6.07) is 15.3. The van der Waals surface area contributed by atoms with E-state index in [0.29, 0.717) is 11.5 Å². The van der Waals surface area contributed by atoms with E-state index in [2.05, 4.69) is 46.7 Å². The molecule has 0 radical (unpaired) electrons. The Morgan fingerprint density at radius 2 is 1.67 bits per heavy atom. The van der Waals surface area contributed by atoms with Crippen molar-refractivity contribution in [3.63, 3.8) is 0 Å². The average Bonchev–Trinajstić information content (AvgIpc) is 3.51. The number of anilines is 2. The van der Waals surface area contributed by atoms with E-state index >= 15 is 0 Å². The van der Waals surface area contributed by atoms with Crippen LogP contribution >= 0.6 is 0 Å². The van der Waals surface area contributed by atoms with Crippen LogP contribution in [0.25, 0.3) is 0 Å². The molecule has 1 aliphatic carbocycles. The van der Waals surface area contributed by atoms with Gasteiger partial charge in [0.2, 0.25) is 5.91 Å². The Kier molecular flexibility index (Phi) is 6.04. The van der Waals surface area contributed by atoms with Crippen LogP contribution < -0.4 is 15.5 Å². The van der Waals surface area contributed by atoms with Crippen LogP contribution in [0.2, 0.25) is 0 Å². The van der Waals surface area contributed by atoms with Gasteiger partial charge in [-0.2, -0.15) is 0 Å². The van der Waals surface area contributed by atoms with Crippen LogP contribution in [0.15, 0.2) is 48.5 Å². The lowest BCUT2D eigenvalue weighted by Gasteiger charge is -2.29. The van der Waals surface area contributed by atoms with Crippen LogP contribution in [0.4, 0.5) is 11.4 Å². The Balaban J connectivity index is 1.32. The third-order valence-electron chi connectivity index (χ3n) is 5.98. The van der Waals surface area contributed by atoms with Crippen LogP contribution in [0.1, 0.15) is 42.2 Å². The van der Waals surface area contributed by atoms with Crippen molar-refractivity contribution >= 4 is 23.2 Å². The number of ether oxygens (including phenoxy) is 1. The summed E-state index contributed by atoms with van der Waals surface area (Å²) in [4.78, 5) is 27.0. The van der Waals surface area contributed by atoms with Gasteiger partial charge < -0.3 is 20.3 Å². The monoisotopic (exact) mass is 407 g/mol. The van der Waals surface area contributed by atoms with Crippen molar-refractivity contribution in [1.29, 1.82) is 0 Å². The first kappa shape index (κ1) is 20.4. The molecule has 2 aliphatic rings. The van der Waals surface area contributed by atoms with Gasteiger partial charge in [-0.15, -0.1) is 0 Å². The van der Waals surface area contributed by atoms with Gasteiger partial charge in [0, 0.05) is 35.9 Å². The summed E-state index contributed by atoms with van der Waals surface area (Å²) < 4.78 is 5.40. The molecule has 0 spiro atoms. The van der Waals surface area contributed by atoms with Gasteiger partial charge in [-0.25, -0.2) is 0 Å². The highest BCUT2D eigenvalue weighted by Crippen LogP contribution is 2.38. The van der Waals surface area contributed by atoms with Gasteiger partial charge in [0.05, 0.1) is 19.3 Å². The molecule has 0 aromatic heterocycles. The summed E-state index contributed by atoms with van der Waals surface area (Å²) >= 11 is 0. The highest BCUT2D eigenvalue weighted by Gasteiger charge is 2.39. The number of rotatable bonds is 6. The zero-order valence-corrected chi connectivity index (χ0v) is 17.6. The van der Waals surface area contributed by atoms with Gasteiger partial charge in [-0.3, -0.25) is 9.59 Å². The highest BCUT2D eigenvalue weighted by atomic mass is 16.5. The van der Waals surface area contributed by atoms with E-state index in [-0.39, 0.29) is 23.8 Å². The summed E-state index contributed by atoms with van der Waals surface area (Å²) in [5, 5.41) is 5.96. The number of benzene rings is 2. The molecular formula is C24H29N3O3. The molecule has 2 amide bonds. The van der Waals surface area contributed by atoms with Gasteiger partial charge in [-0.1, -0.05) is 19.1 Å². The maximum atomic E-state index is 12.6. The van der Waals surface area contributed by atoms with E-state index in [0.717, 1.165) is 44.0 Å². The van der Waals surface area contributed by atoms with Crippen LogP contribution in [0.3, 0.4) is 0 Å². The normalized spacial score (nSPS) is 21.6. The lowest BCUT2D eigenvalue weighted by molar-refractivity contribution is -0.117. The number of hydrogen-bond acceptors (Lipinski definition) is 4. The van der Waals surface area contributed by atoms with Crippen LogP contribution in [0, 0.1) is 11.8 Å². The largest absolute Gasteiger partial charge is 0.378 e. The minimum absolute atomic E-state index is 0.0637. The Morgan fingerprint density at radius 1 is 1.03 bits per heavy atom. The van der Waals surface area contributed by atoms with E-state index in [1.54, 1.807) is 24.3 Å². The molecule has 2 N–H and O–H groups in total. The van der Waals surface area contributed by atoms with E-state index < -0.39 is 0 Å². The first-order valence-corrected chi connectivity index (χ1v) is 10.7. The molecule has 2 aromatic carbocycles. The van der Waals surface area contributed by atoms with Crippen LogP contribution in [-0.2, 0) is 9.53 Å². The minimum Gasteiger partial charge on any atom is -0.378 e. The molecule has 4 rings (SSSR count). The lowest BCUT2D eigenvalue weighted by Crippen LogP contribution is -2.36. The van der Waals surface area contributed by atoms with Gasteiger partial charge in [0.1, 0.15) is 0 Å². The molecule has 2 fully saturated rings. The summed E-state index contributed by atoms with van der Waals surface area (Å²) in [6.07, 6.45) is 0.956. The third-order valence-corrected chi connectivity index (χ3v) is 5.98. The predicted octanol–water partition coefficient (Wildman–Crippen LogP) is 3.61. The fraction of sp³-hybridized carbons (Fsp3) is 0.417. The van der Waals surface area contributed by atoms with Crippen molar-refractivity contribution in [3.8, 4) is 0 Å². The SMILES string of the molecule is CC(NC(=O)c1ccc(NC(=O)C2CC2C)cc1)c1ccc(N2CCOCC2)cc1. The quantitative estimate of drug-likeness (QED) is 0.768. The number of amides is 2. The molecular weight excluding hydrogens is 378 g/mol. The topological polar surface area (TPSA) is 70.7 Å². The van der Waals surface area contributed by atoms with E-state index in [9.17, 15) is 9.59 Å². The number of hydrogen-bond donors (Lipinski definition) is 2.